The van der Waals surface area contributed by atoms with Gasteiger partial charge in [0, 0.05) is 11.3 Å². The van der Waals surface area contributed by atoms with Crippen molar-refractivity contribution in [2.45, 2.75) is 50.0 Å². The molecule has 0 saturated carbocycles. The number of nitrogens with one attached hydrogen (secondary N) is 1. The van der Waals surface area contributed by atoms with Crippen molar-refractivity contribution in [1.82, 2.24) is 15.2 Å². The first kappa shape index (κ1) is 46.3. The first-order valence-corrected chi connectivity index (χ1v) is 21.1. The van der Waals surface area contributed by atoms with Crippen LogP contribution in [-0.2, 0) is 47.7 Å². The highest BCUT2D eigenvalue weighted by Crippen LogP contribution is 2.42. The van der Waals surface area contributed by atoms with Gasteiger partial charge in [-0.3, -0.25) is 24.1 Å². The maximum Gasteiger partial charge on any atom is 0.424 e. The summed E-state index contributed by atoms with van der Waals surface area (Å²) >= 11 is 1.17. The smallest absolute Gasteiger partial charge is 0.424 e. The number of amides is 4. The number of primary amides is 1. The van der Waals surface area contributed by atoms with E-state index >= 15 is 0 Å². The van der Waals surface area contributed by atoms with E-state index in [4.69, 9.17) is 35.3 Å². The third-order valence-electron chi connectivity index (χ3n) is 9.71. The predicted octanol–water partition coefficient (Wildman–Crippen LogP) is 4.67. The van der Waals surface area contributed by atoms with Gasteiger partial charge in [-0.1, -0.05) is 121 Å². The summed E-state index contributed by atoms with van der Waals surface area (Å²) in [5.74, 6) is -0.264. The lowest BCUT2D eigenvalue weighted by molar-refractivity contribution is -0.173. The van der Waals surface area contributed by atoms with Gasteiger partial charge in [0.15, 0.2) is 18.1 Å². The standard InChI is InChI=1S/C46H47N5O12S/c1-46(2,3)63-42(55)33(41(54)61-37(28-16-8-4-9-17-28)29-18-10-5-11-19-29)26-60-45(58)50(48)24-34(52)49-35-39(53)51-36(32(25-59-44(47)57)27-64-40(35)51)43(56)62-38(30-20-12-6-13-21-30)31-22-14-7-15-23-31/h4-23,33,35,37-38,40H,24-27,48H2,1-3H3,(H2,47,57)(H,49,52)/t33-,35-,40-/m1/s1. The Balaban J connectivity index is 1.11. The van der Waals surface area contributed by atoms with Crippen molar-refractivity contribution in [3.63, 3.8) is 0 Å². The number of esters is 3. The third kappa shape index (κ3) is 11.6. The van der Waals surface area contributed by atoms with Crippen LogP contribution < -0.4 is 16.9 Å². The molecule has 0 spiro atoms. The lowest BCUT2D eigenvalue weighted by atomic mass is 10.0. The largest absolute Gasteiger partial charge is 0.459 e. The minimum absolute atomic E-state index is 0.0912. The maximum absolute atomic E-state index is 14.1. The van der Waals surface area contributed by atoms with Crippen LogP contribution in [0, 0.1) is 5.92 Å². The zero-order chi connectivity index (χ0) is 46.0. The summed E-state index contributed by atoms with van der Waals surface area (Å²) in [7, 11) is 0. The van der Waals surface area contributed by atoms with Crippen LogP contribution in [0.2, 0.25) is 0 Å². The number of carbonyl (C=O) groups is 7. The number of carbonyl (C=O) groups excluding carboxylic acids is 7. The molecule has 0 bridgehead atoms. The van der Waals surface area contributed by atoms with Gasteiger partial charge in [0.25, 0.3) is 5.91 Å². The number of fused-ring (bicyclic) bond motifs is 1. The van der Waals surface area contributed by atoms with Gasteiger partial charge < -0.3 is 34.7 Å². The van der Waals surface area contributed by atoms with Gasteiger partial charge in [0.2, 0.25) is 5.91 Å². The number of hydrazine groups is 1. The first-order valence-electron chi connectivity index (χ1n) is 20.0. The van der Waals surface area contributed by atoms with Gasteiger partial charge in [0.1, 0.15) is 42.5 Å². The molecule has 2 aliphatic heterocycles. The Morgan fingerprint density at radius 1 is 0.750 bits per heavy atom. The fourth-order valence-electron chi connectivity index (χ4n) is 6.75. The molecule has 5 N–H and O–H groups in total. The summed E-state index contributed by atoms with van der Waals surface area (Å²) in [5.41, 5.74) is 6.83. The second kappa shape index (κ2) is 20.8. The Labute approximate surface area is 372 Å². The SMILES string of the molecule is CC(C)(C)OC(=O)[C@H](COC(=O)N(N)CC(=O)N[C@@H]1C(=O)N2C(C(=O)OC(c3ccccc3)c3ccccc3)=C(COC(N)=O)CS[C@H]12)C(=O)OC(c1ccccc1)c1ccccc1. The molecule has 0 aliphatic carbocycles. The second-order valence-corrected chi connectivity index (χ2v) is 16.7. The maximum atomic E-state index is 14.1. The van der Waals surface area contributed by atoms with E-state index in [0.717, 1.165) is 4.90 Å². The predicted molar refractivity (Wildman–Crippen MR) is 231 cm³/mol. The molecule has 3 atom stereocenters. The Bertz CT molecular complexity index is 2280. The number of hydrogen-bond donors (Lipinski definition) is 3. The van der Waals surface area contributed by atoms with Crippen molar-refractivity contribution >= 4 is 53.7 Å². The third-order valence-corrected chi connectivity index (χ3v) is 11.1. The normalized spacial score (nSPS) is 16.2. The van der Waals surface area contributed by atoms with Crippen LogP contribution in [0.5, 0.6) is 0 Å². The van der Waals surface area contributed by atoms with E-state index in [-0.39, 0.29) is 17.0 Å². The van der Waals surface area contributed by atoms with Crippen LogP contribution in [0.25, 0.3) is 0 Å². The molecule has 0 unspecified atom stereocenters. The van der Waals surface area contributed by atoms with Gasteiger partial charge in [-0.05, 0) is 43.0 Å². The van der Waals surface area contributed by atoms with Crippen molar-refractivity contribution in [2.75, 3.05) is 25.5 Å². The van der Waals surface area contributed by atoms with Gasteiger partial charge in [-0.15, -0.1) is 11.8 Å². The fourth-order valence-corrected chi connectivity index (χ4v) is 8.08. The van der Waals surface area contributed by atoms with Crippen LogP contribution in [0.1, 0.15) is 55.2 Å². The molecule has 17 nitrogen and oxygen atoms in total. The monoisotopic (exact) mass is 893 g/mol. The topological polar surface area (TPSA) is 236 Å². The van der Waals surface area contributed by atoms with Crippen LogP contribution in [0.15, 0.2) is 133 Å². The molecule has 6 rings (SSSR count). The fraction of sp³-hybridized carbons (Fsp3) is 0.283. The van der Waals surface area contributed by atoms with Crippen LogP contribution in [0.4, 0.5) is 9.59 Å². The van der Waals surface area contributed by atoms with Crippen molar-refractivity contribution < 1.29 is 57.2 Å². The number of nitrogens with two attached hydrogens (primary N) is 2. The summed E-state index contributed by atoms with van der Waals surface area (Å²) in [4.78, 5) is 93.9. The van der Waals surface area contributed by atoms with E-state index in [2.05, 4.69) is 5.32 Å². The van der Waals surface area contributed by atoms with E-state index in [1.54, 1.807) is 130 Å². The van der Waals surface area contributed by atoms with Crippen molar-refractivity contribution in [3.8, 4) is 0 Å². The molecule has 2 heterocycles. The average Bonchev–Trinajstić information content (AvgIpc) is 3.28. The van der Waals surface area contributed by atoms with E-state index in [0.29, 0.717) is 27.3 Å². The zero-order valence-electron chi connectivity index (χ0n) is 35.1. The molecule has 64 heavy (non-hydrogen) atoms. The molecule has 1 saturated heterocycles. The second-order valence-electron chi connectivity index (χ2n) is 15.6. The van der Waals surface area contributed by atoms with E-state index in [9.17, 15) is 33.6 Å². The minimum atomic E-state index is -1.75. The molecule has 1 fully saturated rings. The van der Waals surface area contributed by atoms with Crippen molar-refractivity contribution in [2.24, 2.45) is 17.5 Å². The molecular weight excluding hydrogens is 847 g/mol. The Hall–Kier alpha value is -7.18. The lowest BCUT2D eigenvalue weighted by Gasteiger charge is -2.49. The summed E-state index contributed by atoms with van der Waals surface area (Å²) < 4.78 is 27.7. The van der Waals surface area contributed by atoms with E-state index in [1.807, 2.05) is 12.1 Å². The molecule has 4 amide bonds. The molecule has 18 heteroatoms. The number of hydrogen-bond acceptors (Lipinski definition) is 14. The van der Waals surface area contributed by atoms with Crippen molar-refractivity contribution in [1.29, 1.82) is 0 Å². The molecule has 334 valence electrons. The summed E-state index contributed by atoms with van der Waals surface area (Å²) in [6.07, 6.45) is -4.18. The first-order chi connectivity index (χ1) is 30.6. The quantitative estimate of drug-likeness (QED) is 0.0264. The van der Waals surface area contributed by atoms with E-state index < -0.39 is 96.8 Å². The van der Waals surface area contributed by atoms with Gasteiger partial charge >= 0.3 is 30.1 Å². The van der Waals surface area contributed by atoms with E-state index in [1.165, 1.54) is 11.8 Å². The van der Waals surface area contributed by atoms with Crippen LogP contribution in [0.3, 0.4) is 0 Å². The van der Waals surface area contributed by atoms with Gasteiger partial charge in [0.05, 0.1) is 0 Å². The number of nitrogens with zero attached hydrogens (tertiary/aromatic N) is 2. The lowest BCUT2D eigenvalue weighted by Crippen LogP contribution is -2.71. The Morgan fingerprint density at radius 3 is 1.70 bits per heavy atom. The number of ether oxygens (including phenoxy) is 5. The number of benzene rings is 4. The zero-order valence-corrected chi connectivity index (χ0v) is 35.9. The van der Waals surface area contributed by atoms with Gasteiger partial charge in [-0.2, -0.15) is 0 Å². The van der Waals surface area contributed by atoms with Crippen LogP contribution >= 0.6 is 11.8 Å². The summed E-state index contributed by atoms with van der Waals surface area (Å²) in [6, 6.07) is 34.4. The minimum Gasteiger partial charge on any atom is -0.459 e. The summed E-state index contributed by atoms with van der Waals surface area (Å²) in [5, 5.41) is 2.13. The molecule has 0 aromatic heterocycles. The molecule has 2 aliphatic rings. The van der Waals surface area contributed by atoms with Gasteiger partial charge in [-0.25, -0.2) is 25.2 Å². The summed E-state index contributed by atoms with van der Waals surface area (Å²) in [6.45, 7) is 2.73. The van der Waals surface area contributed by atoms with Crippen molar-refractivity contribution in [3.05, 3.63) is 155 Å². The average molecular weight is 894 g/mol. The molecule has 4 aromatic rings. The molecule has 0 radical (unpaired) electrons. The number of thioether (sulfide) groups is 1. The Kier molecular flexibility index (Phi) is 15.1. The molecular formula is C46H47N5O12S. The highest BCUT2D eigenvalue weighted by molar-refractivity contribution is 8.00. The number of β-lactam (4-membered cyclic amide) rings is 1. The Morgan fingerprint density at radius 2 is 1.23 bits per heavy atom. The van der Waals surface area contributed by atoms with Crippen LogP contribution in [-0.4, -0.2) is 94.3 Å². The highest BCUT2D eigenvalue weighted by atomic mass is 32.2. The molecule has 4 aromatic carbocycles. The number of rotatable bonds is 16. The highest BCUT2D eigenvalue weighted by Gasteiger charge is 2.55.